The molecule has 2 saturated heterocycles. The van der Waals surface area contributed by atoms with Gasteiger partial charge in [0.2, 0.25) is 0 Å². The monoisotopic (exact) mass is 618 g/mol. The molecule has 8 heteroatoms. The molecule has 4 N–H and O–H groups in total. The Bertz CT molecular complexity index is 1090. The van der Waals surface area contributed by atoms with E-state index in [1.165, 1.54) is 6.42 Å². The molecule has 0 aromatic rings. The Morgan fingerprint density at radius 3 is 2.36 bits per heavy atom. The average Bonchev–Trinajstić information content (AvgIpc) is 3.09. The molecule has 1 amide bonds. The fraction of sp³-hybridized carbons (Fsp3) is 0.972. The first kappa shape index (κ1) is 33.0. The highest BCUT2D eigenvalue weighted by Crippen LogP contribution is 2.76. The number of amides is 1. The van der Waals surface area contributed by atoms with Crippen LogP contribution >= 0.6 is 0 Å². The number of carbonyl (C=O) groups is 1. The van der Waals surface area contributed by atoms with Gasteiger partial charge in [-0.15, -0.1) is 0 Å². The number of fused-ring (bicyclic) bond motifs is 7. The highest BCUT2D eigenvalue weighted by molar-refractivity contribution is 5.68. The smallest absolute Gasteiger partial charge is 0.407 e. The fourth-order valence-corrected chi connectivity index (χ4v) is 12.4. The SMILES string of the molecule is CCO[C@@H]([C@H]1C[C@@H](C)[C@H]2[C@H](O1)[C@H](O)[C@@]1(C)[C@@H]3CC[C@@H]4C(CC[C@H](OC(=O)NC5CNC5)C4(C)C)[C@]3(C)CC[C@]21C)C(C)(C)O. The lowest BCUT2D eigenvalue weighted by atomic mass is 9.37. The van der Waals surface area contributed by atoms with Crippen molar-refractivity contribution in [1.29, 1.82) is 0 Å². The van der Waals surface area contributed by atoms with Gasteiger partial charge < -0.3 is 35.1 Å². The summed E-state index contributed by atoms with van der Waals surface area (Å²) in [6.07, 6.45) is 5.39. The predicted molar refractivity (Wildman–Crippen MR) is 170 cm³/mol. The first-order valence-electron chi connectivity index (χ1n) is 17.9. The van der Waals surface area contributed by atoms with Gasteiger partial charge in [-0.1, -0.05) is 41.5 Å². The Labute approximate surface area is 266 Å². The molecule has 252 valence electrons. The lowest BCUT2D eigenvalue weighted by Gasteiger charge is -2.68. The Kier molecular flexibility index (Phi) is 8.30. The fourth-order valence-electron chi connectivity index (χ4n) is 12.4. The minimum absolute atomic E-state index is 0.0291. The van der Waals surface area contributed by atoms with Crippen LogP contribution < -0.4 is 10.6 Å². The van der Waals surface area contributed by atoms with Crippen molar-refractivity contribution in [3.8, 4) is 0 Å². The molecule has 0 spiro atoms. The normalized spacial score (nSPS) is 49.0. The van der Waals surface area contributed by atoms with Gasteiger partial charge in [-0.05, 0) is 106 Å². The lowest BCUT2D eigenvalue weighted by Crippen LogP contribution is -2.64. The zero-order valence-electron chi connectivity index (χ0n) is 28.9. The minimum Gasteiger partial charge on any atom is -0.446 e. The van der Waals surface area contributed by atoms with E-state index in [-0.39, 0.29) is 58.0 Å². The quantitative estimate of drug-likeness (QED) is 0.320. The van der Waals surface area contributed by atoms with Crippen LogP contribution in [0.25, 0.3) is 0 Å². The predicted octanol–water partition coefficient (Wildman–Crippen LogP) is 5.29. The first-order chi connectivity index (χ1) is 20.5. The standard InChI is InChI=1S/C36H62N2O6/c1-10-42-30(33(5,6)41)24-17-20(2)27-28(43-24)29(39)36(9)25-13-11-22-23(34(25,7)15-16-35(27,36)8)12-14-26(32(22,3)4)44-31(40)38-21-18-37-19-21/h20-30,37,39,41H,10-19H2,1-9H3,(H,38,40)/t20-,22-,23?,24-,25-,26+,27+,28+,29+,30+,34+,35-,36-/m1/s1. The van der Waals surface area contributed by atoms with Gasteiger partial charge >= 0.3 is 6.09 Å². The maximum Gasteiger partial charge on any atom is 0.407 e. The van der Waals surface area contributed by atoms with Gasteiger partial charge in [-0.25, -0.2) is 4.79 Å². The Morgan fingerprint density at radius 1 is 1.07 bits per heavy atom. The maximum atomic E-state index is 12.8. The van der Waals surface area contributed by atoms with Gasteiger partial charge in [-0.3, -0.25) is 0 Å². The minimum atomic E-state index is -1.03. The molecule has 0 bridgehead atoms. The summed E-state index contributed by atoms with van der Waals surface area (Å²) >= 11 is 0. The Hall–Kier alpha value is -0.930. The van der Waals surface area contributed by atoms with E-state index in [4.69, 9.17) is 14.2 Å². The molecule has 8 nitrogen and oxygen atoms in total. The van der Waals surface area contributed by atoms with Crippen LogP contribution in [0.1, 0.15) is 107 Å². The number of aliphatic hydroxyl groups is 2. The summed E-state index contributed by atoms with van der Waals surface area (Å²) in [4.78, 5) is 12.8. The summed E-state index contributed by atoms with van der Waals surface area (Å²) < 4.78 is 19.1. The van der Waals surface area contributed by atoms with Crippen LogP contribution in [-0.2, 0) is 14.2 Å². The Morgan fingerprint density at radius 2 is 1.75 bits per heavy atom. The van der Waals surface area contributed by atoms with E-state index in [0.717, 1.165) is 51.6 Å². The van der Waals surface area contributed by atoms with Crippen LogP contribution in [0.2, 0.25) is 0 Å². The van der Waals surface area contributed by atoms with Crippen LogP contribution in [0.15, 0.2) is 0 Å². The highest BCUT2D eigenvalue weighted by atomic mass is 16.6. The third kappa shape index (κ3) is 4.73. The number of rotatable bonds is 6. The second-order valence-electron chi connectivity index (χ2n) is 17.7. The molecule has 0 aromatic carbocycles. The van der Waals surface area contributed by atoms with E-state index in [9.17, 15) is 15.0 Å². The van der Waals surface area contributed by atoms with Crippen LogP contribution in [0, 0.1) is 51.2 Å². The molecule has 13 atom stereocenters. The molecule has 2 aliphatic heterocycles. The van der Waals surface area contributed by atoms with Crippen molar-refractivity contribution in [1.82, 2.24) is 10.6 Å². The molecule has 6 fully saturated rings. The molecule has 4 aliphatic carbocycles. The van der Waals surface area contributed by atoms with Crippen molar-refractivity contribution in [2.75, 3.05) is 19.7 Å². The number of nitrogens with one attached hydrogen (secondary N) is 2. The van der Waals surface area contributed by atoms with Crippen LogP contribution in [-0.4, -0.2) is 78.2 Å². The molecule has 6 aliphatic rings. The van der Waals surface area contributed by atoms with E-state index in [2.05, 4.69) is 52.2 Å². The van der Waals surface area contributed by atoms with Gasteiger partial charge in [0.15, 0.2) is 0 Å². The van der Waals surface area contributed by atoms with Gasteiger partial charge in [0.25, 0.3) is 0 Å². The van der Waals surface area contributed by atoms with E-state index in [0.29, 0.717) is 30.3 Å². The third-order valence-electron chi connectivity index (χ3n) is 14.9. The number of hydrogen-bond donors (Lipinski definition) is 4. The molecular weight excluding hydrogens is 556 g/mol. The van der Waals surface area contributed by atoms with Crippen molar-refractivity contribution in [2.45, 2.75) is 149 Å². The summed E-state index contributed by atoms with van der Waals surface area (Å²) in [6.45, 7) is 22.1. The number of ether oxygens (including phenoxy) is 3. The molecule has 0 radical (unpaired) electrons. The van der Waals surface area contributed by atoms with Gasteiger partial charge in [-0.2, -0.15) is 0 Å². The van der Waals surface area contributed by atoms with Crippen molar-refractivity contribution >= 4 is 6.09 Å². The van der Waals surface area contributed by atoms with Gasteiger partial charge in [0, 0.05) is 30.5 Å². The molecule has 4 saturated carbocycles. The van der Waals surface area contributed by atoms with E-state index in [1.54, 1.807) is 0 Å². The van der Waals surface area contributed by atoms with Crippen molar-refractivity contribution in [2.24, 2.45) is 51.2 Å². The summed E-state index contributed by atoms with van der Waals surface area (Å²) in [7, 11) is 0. The van der Waals surface area contributed by atoms with Crippen molar-refractivity contribution < 1.29 is 29.2 Å². The summed E-state index contributed by atoms with van der Waals surface area (Å²) in [5.41, 5.74) is -1.32. The van der Waals surface area contributed by atoms with Crippen molar-refractivity contribution in [3.05, 3.63) is 0 Å². The van der Waals surface area contributed by atoms with Crippen LogP contribution in [0.3, 0.4) is 0 Å². The molecule has 1 unspecified atom stereocenters. The Balaban J connectivity index is 1.25. The maximum absolute atomic E-state index is 12.8. The summed E-state index contributed by atoms with van der Waals surface area (Å²) in [5.74, 6) is 2.04. The molecule has 2 heterocycles. The van der Waals surface area contributed by atoms with Crippen LogP contribution in [0.5, 0.6) is 0 Å². The summed E-state index contributed by atoms with van der Waals surface area (Å²) in [5, 5.41) is 29.7. The third-order valence-corrected chi connectivity index (χ3v) is 14.9. The second-order valence-corrected chi connectivity index (χ2v) is 17.7. The van der Waals surface area contributed by atoms with Crippen LogP contribution in [0.4, 0.5) is 4.79 Å². The molecule has 6 rings (SSSR count). The molecule has 44 heavy (non-hydrogen) atoms. The average molecular weight is 619 g/mol. The zero-order chi connectivity index (χ0) is 32.0. The van der Waals surface area contributed by atoms with Crippen molar-refractivity contribution in [3.63, 3.8) is 0 Å². The largest absolute Gasteiger partial charge is 0.446 e. The van der Waals surface area contributed by atoms with E-state index in [1.807, 2.05) is 20.8 Å². The second kappa shape index (κ2) is 11.1. The number of hydrogen-bond acceptors (Lipinski definition) is 7. The van der Waals surface area contributed by atoms with Gasteiger partial charge in [0.05, 0.1) is 30.0 Å². The highest BCUT2D eigenvalue weighted by Gasteiger charge is 2.75. The van der Waals surface area contributed by atoms with E-state index < -0.39 is 17.8 Å². The summed E-state index contributed by atoms with van der Waals surface area (Å²) in [6, 6.07) is 0.178. The van der Waals surface area contributed by atoms with Gasteiger partial charge in [0.1, 0.15) is 12.2 Å². The van der Waals surface area contributed by atoms with E-state index >= 15 is 0 Å². The molecule has 0 aromatic heterocycles. The number of alkyl carbamates (subject to hydrolysis) is 1. The lowest BCUT2D eigenvalue weighted by molar-refractivity contribution is -0.220. The molecular formula is C36H62N2O6. The number of aliphatic hydroxyl groups excluding tert-OH is 1. The topological polar surface area (TPSA) is 109 Å². The zero-order valence-corrected chi connectivity index (χ0v) is 28.9. The number of carbonyl (C=O) groups excluding carboxylic acids is 1. The first-order valence-corrected chi connectivity index (χ1v) is 17.9.